The molecule has 0 unspecified atom stereocenters. The Hall–Kier alpha value is -3.06. The summed E-state index contributed by atoms with van der Waals surface area (Å²) in [5.41, 5.74) is 8.13. The number of hydrogen-bond acceptors (Lipinski definition) is 5. The molecule has 3 N–H and O–H groups in total. The van der Waals surface area contributed by atoms with Crippen LogP contribution in [0.2, 0.25) is 0 Å². The van der Waals surface area contributed by atoms with E-state index in [2.05, 4.69) is 15.3 Å². The maximum atomic E-state index is 12.0. The molecule has 2 amide bonds. The normalized spacial score (nSPS) is 10.4. The molecule has 0 radical (unpaired) electrons. The van der Waals surface area contributed by atoms with Gasteiger partial charge >= 0.3 is 0 Å². The lowest BCUT2D eigenvalue weighted by Gasteiger charge is -2.05. The molecule has 0 aliphatic heterocycles. The number of carbonyl (C=O) groups is 2. The van der Waals surface area contributed by atoms with Gasteiger partial charge in [-0.2, -0.15) is 0 Å². The maximum Gasteiger partial charge on any atom is 0.248 e. The molecule has 126 valence electrons. The molecule has 2 heterocycles. The molecule has 25 heavy (non-hydrogen) atoms. The number of nitrogens with one attached hydrogen (secondary N) is 1. The molecule has 3 aromatic rings. The van der Waals surface area contributed by atoms with Crippen LogP contribution in [-0.2, 0) is 11.2 Å². The highest BCUT2D eigenvalue weighted by Crippen LogP contribution is 2.23. The molecule has 0 saturated carbocycles. The lowest BCUT2D eigenvalue weighted by atomic mass is 10.2. The van der Waals surface area contributed by atoms with Crippen LogP contribution in [0.25, 0.3) is 10.6 Å². The van der Waals surface area contributed by atoms with Crippen molar-refractivity contribution in [3.8, 4) is 10.6 Å². The summed E-state index contributed by atoms with van der Waals surface area (Å²) in [6.07, 6.45) is 4.35. The number of primary amides is 1. The van der Waals surface area contributed by atoms with Crippen molar-refractivity contribution in [1.29, 1.82) is 0 Å². The molecule has 0 aliphatic rings. The van der Waals surface area contributed by atoms with Crippen molar-refractivity contribution in [2.24, 2.45) is 5.73 Å². The number of rotatable bonds is 6. The van der Waals surface area contributed by atoms with Crippen molar-refractivity contribution in [3.63, 3.8) is 0 Å². The van der Waals surface area contributed by atoms with Crippen LogP contribution in [0.15, 0.2) is 54.2 Å². The van der Waals surface area contributed by atoms with Crippen LogP contribution in [0.3, 0.4) is 0 Å². The minimum absolute atomic E-state index is 0.106. The fourth-order valence-electron chi connectivity index (χ4n) is 2.23. The summed E-state index contributed by atoms with van der Waals surface area (Å²) >= 11 is 1.55. The predicted molar refractivity (Wildman–Crippen MR) is 97.3 cm³/mol. The summed E-state index contributed by atoms with van der Waals surface area (Å²) in [5.74, 6) is -0.600. The lowest BCUT2D eigenvalue weighted by Crippen LogP contribution is -2.13. The molecule has 2 aromatic heterocycles. The highest BCUT2D eigenvalue weighted by atomic mass is 32.1. The summed E-state index contributed by atoms with van der Waals surface area (Å²) in [4.78, 5) is 31.6. The minimum Gasteiger partial charge on any atom is -0.366 e. The zero-order valence-electron chi connectivity index (χ0n) is 13.3. The van der Waals surface area contributed by atoms with E-state index in [1.807, 2.05) is 17.5 Å². The Morgan fingerprint density at radius 2 is 1.80 bits per heavy atom. The first-order chi connectivity index (χ1) is 12.1. The SMILES string of the molecule is NC(=O)c1ccc(NC(=O)CCc2csc(-c3ccncc3)n2)cc1. The number of hydrogen-bond donors (Lipinski definition) is 2. The summed E-state index contributed by atoms with van der Waals surface area (Å²) in [6, 6.07) is 10.3. The van der Waals surface area contributed by atoms with Gasteiger partial charge in [0.15, 0.2) is 0 Å². The van der Waals surface area contributed by atoms with E-state index in [-0.39, 0.29) is 5.91 Å². The number of pyridine rings is 1. The third kappa shape index (κ3) is 4.48. The number of nitrogens with zero attached hydrogens (tertiary/aromatic N) is 2. The Labute approximate surface area is 148 Å². The molecule has 3 rings (SSSR count). The van der Waals surface area contributed by atoms with Crippen LogP contribution in [-0.4, -0.2) is 21.8 Å². The number of amides is 2. The minimum atomic E-state index is -0.494. The van der Waals surface area contributed by atoms with Gasteiger partial charge in [0.1, 0.15) is 5.01 Å². The average molecular weight is 352 g/mol. The summed E-state index contributed by atoms with van der Waals surface area (Å²) < 4.78 is 0. The summed E-state index contributed by atoms with van der Waals surface area (Å²) in [5, 5.41) is 5.67. The monoisotopic (exact) mass is 352 g/mol. The van der Waals surface area contributed by atoms with Gasteiger partial charge in [0.25, 0.3) is 0 Å². The summed E-state index contributed by atoms with van der Waals surface area (Å²) in [6.45, 7) is 0. The number of aryl methyl sites for hydroxylation is 1. The van der Waals surface area contributed by atoms with Crippen LogP contribution in [0, 0.1) is 0 Å². The van der Waals surface area contributed by atoms with E-state index in [0.29, 0.717) is 24.1 Å². The Morgan fingerprint density at radius 3 is 2.48 bits per heavy atom. The van der Waals surface area contributed by atoms with Gasteiger partial charge in [-0.3, -0.25) is 14.6 Å². The van der Waals surface area contributed by atoms with Gasteiger partial charge in [0, 0.05) is 41.0 Å². The van der Waals surface area contributed by atoms with Crippen LogP contribution in [0.4, 0.5) is 5.69 Å². The van der Waals surface area contributed by atoms with Gasteiger partial charge < -0.3 is 11.1 Å². The molecule has 0 spiro atoms. The van der Waals surface area contributed by atoms with Gasteiger partial charge in [-0.1, -0.05) is 0 Å². The fraction of sp³-hybridized carbons (Fsp3) is 0.111. The second-order valence-corrected chi connectivity index (χ2v) is 6.23. The van der Waals surface area contributed by atoms with Gasteiger partial charge in [-0.05, 0) is 42.8 Å². The lowest BCUT2D eigenvalue weighted by molar-refractivity contribution is -0.116. The second kappa shape index (κ2) is 7.67. The summed E-state index contributed by atoms with van der Waals surface area (Å²) in [7, 11) is 0. The second-order valence-electron chi connectivity index (χ2n) is 5.37. The molecule has 6 nitrogen and oxygen atoms in total. The van der Waals surface area contributed by atoms with E-state index in [9.17, 15) is 9.59 Å². The van der Waals surface area contributed by atoms with Crippen LogP contribution in [0.1, 0.15) is 22.5 Å². The van der Waals surface area contributed by atoms with E-state index in [1.54, 1.807) is 48.0 Å². The quantitative estimate of drug-likeness (QED) is 0.713. The first-order valence-electron chi connectivity index (χ1n) is 7.66. The Bertz CT molecular complexity index is 876. The number of nitrogens with two attached hydrogens (primary N) is 1. The first kappa shape index (κ1) is 16.8. The molecular weight excluding hydrogens is 336 g/mol. The highest BCUT2D eigenvalue weighted by Gasteiger charge is 2.08. The van der Waals surface area contributed by atoms with E-state index in [1.165, 1.54) is 0 Å². The number of carbonyl (C=O) groups excluding carboxylic acids is 2. The first-order valence-corrected chi connectivity index (χ1v) is 8.54. The largest absolute Gasteiger partial charge is 0.366 e. The molecule has 0 saturated heterocycles. The molecule has 0 fully saturated rings. The molecule has 1 aromatic carbocycles. The van der Waals surface area contributed by atoms with Crippen molar-refractivity contribution < 1.29 is 9.59 Å². The zero-order valence-corrected chi connectivity index (χ0v) is 14.1. The van der Waals surface area contributed by atoms with Crippen molar-refractivity contribution in [2.45, 2.75) is 12.8 Å². The predicted octanol–water partition coefficient (Wildman–Crippen LogP) is 2.88. The van der Waals surface area contributed by atoms with Crippen LogP contribution in [0.5, 0.6) is 0 Å². The highest BCUT2D eigenvalue weighted by molar-refractivity contribution is 7.13. The number of aromatic nitrogens is 2. The van der Waals surface area contributed by atoms with Gasteiger partial charge in [-0.25, -0.2) is 4.98 Å². The van der Waals surface area contributed by atoms with Crippen molar-refractivity contribution in [3.05, 3.63) is 65.4 Å². The number of anilines is 1. The van der Waals surface area contributed by atoms with Crippen molar-refractivity contribution in [2.75, 3.05) is 5.32 Å². The van der Waals surface area contributed by atoms with Crippen molar-refractivity contribution in [1.82, 2.24) is 9.97 Å². The van der Waals surface area contributed by atoms with Gasteiger partial charge in [-0.15, -0.1) is 11.3 Å². The Balaban J connectivity index is 1.54. The topological polar surface area (TPSA) is 98.0 Å². The molecule has 7 heteroatoms. The van der Waals surface area contributed by atoms with E-state index >= 15 is 0 Å². The molecule has 0 bridgehead atoms. The third-order valence-electron chi connectivity index (χ3n) is 3.54. The number of benzene rings is 1. The standard InChI is InChI=1S/C18H16N4O2S/c19-17(24)12-1-3-14(4-2-12)21-16(23)6-5-15-11-25-18(22-15)13-7-9-20-10-8-13/h1-4,7-11H,5-6H2,(H2,19,24)(H,21,23). The van der Waals surface area contributed by atoms with E-state index in [4.69, 9.17) is 5.73 Å². The molecule has 0 atom stereocenters. The Morgan fingerprint density at radius 1 is 1.08 bits per heavy atom. The Kier molecular flexibility index (Phi) is 5.15. The van der Waals surface area contributed by atoms with Crippen molar-refractivity contribution >= 4 is 28.8 Å². The smallest absolute Gasteiger partial charge is 0.248 e. The van der Waals surface area contributed by atoms with Crippen LogP contribution >= 0.6 is 11.3 Å². The zero-order chi connectivity index (χ0) is 17.6. The molecular formula is C18H16N4O2S. The van der Waals surface area contributed by atoms with Gasteiger partial charge in [0.05, 0.1) is 5.69 Å². The average Bonchev–Trinajstić information content (AvgIpc) is 3.10. The maximum absolute atomic E-state index is 12.0. The van der Waals surface area contributed by atoms with E-state index < -0.39 is 5.91 Å². The third-order valence-corrected chi connectivity index (χ3v) is 4.48. The van der Waals surface area contributed by atoms with E-state index in [0.717, 1.165) is 16.3 Å². The number of thiazole rings is 1. The fourth-order valence-corrected chi connectivity index (χ4v) is 3.09. The molecule has 0 aliphatic carbocycles. The van der Waals surface area contributed by atoms with Gasteiger partial charge in [0.2, 0.25) is 11.8 Å². The van der Waals surface area contributed by atoms with Crippen LogP contribution < -0.4 is 11.1 Å².